The molecular formula is C11H22N2. The zero-order chi connectivity index (χ0) is 9.10. The summed E-state index contributed by atoms with van der Waals surface area (Å²) in [6, 6.07) is 1.50. The van der Waals surface area contributed by atoms with Gasteiger partial charge in [-0.05, 0) is 45.1 Å². The Balaban J connectivity index is 1.60. The minimum Gasteiger partial charge on any atom is -0.313 e. The van der Waals surface area contributed by atoms with Crippen LogP contribution in [0.1, 0.15) is 39.0 Å². The Morgan fingerprint density at radius 2 is 2.15 bits per heavy atom. The molecular weight excluding hydrogens is 160 g/mol. The molecule has 2 nitrogen and oxygen atoms in total. The first-order valence-electron chi connectivity index (χ1n) is 5.83. The van der Waals surface area contributed by atoms with Gasteiger partial charge in [0.15, 0.2) is 0 Å². The molecule has 2 unspecified atom stereocenters. The second-order valence-corrected chi connectivity index (χ2v) is 4.68. The maximum absolute atomic E-state index is 3.65. The lowest BCUT2D eigenvalue weighted by Crippen LogP contribution is -2.44. The predicted octanol–water partition coefficient (Wildman–Crippen LogP) is 1.52. The summed E-state index contributed by atoms with van der Waals surface area (Å²) >= 11 is 0. The normalized spacial score (nSPS) is 31.6. The minimum absolute atomic E-state index is 0.745. The van der Waals surface area contributed by atoms with Crippen LogP contribution in [0.4, 0.5) is 0 Å². The fourth-order valence-electron chi connectivity index (χ4n) is 2.19. The molecule has 0 radical (unpaired) electrons. The summed E-state index contributed by atoms with van der Waals surface area (Å²) in [5.74, 6) is 0.989. The molecule has 1 aliphatic carbocycles. The van der Waals surface area contributed by atoms with E-state index in [0.29, 0.717) is 0 Å². The Morgan fingerprint density at radius 1 is 1.31 bits per heavy atom. The van der Waals surface area contributed by atoms with Crippen molar-refractivity contribution in [2.75, 3.05) is 13.1 Å². The summed E-state index contributed by atoms with van der Waals surface area (Å²) in [6.07, 6.45) is 7.05. The maximum atomic E-state index is 3.65. The number of hydrogen-bond donors (Lipinski definition) is 2. The average molecular weight is 182 g/mol. The predicted molar refractivity (Wildman–Crippen MR) is 55.8 cm³/mol. The molecule has 1 saturated carbocycles. The van der Waals surface area contributed by atoms with Crippen LogP contribution in [0.3, 0.4) is 0 Å². The molecule has 0 aromatic rings. The number of nitrogens with one attached hydrogen (secondary N) is 2. The molecule has 0 bridgehead atoms. The molecule has 0 aromatic carbocycles. The molecule has 2 heteroatoms. The van der Waals surface area contributed by atoms with E-state index < -0.39 is 0 Å². The largest absolute Gasteiger partial charge is 0.313 e. The van der Waals surface area contributed by atoms with E-state index in [2.05, 4.69) is 17.6 Å². The molecule has 2 fully saturated rings. The molecule has 1 aliphatic heterocycles. The SMILES string of the molecule is CC(NCC1CCCCN1)C1CC1. The first-order chi connectivity index (χ1) is 6.36. The fraction of sp³-hybridized carbons (Fsp3) is 1.00. The Kier molecular flexibility index (Phi) is 3.23. The molecule has 2 rings (SSSR count). The second kappa shape index (κ2) is 4.43. The van der Waals surface area contributed by atoms with Crippen LogP contribution in [0, 0.1) is 5.92 Å². The Labute approximate surface area is 81.5 Å². The maximum Gasteiger partial charge on any atom is 0.0192 e. The van der Waals surface area contributed by atoms with Crippen molar-refractivity contribution in [2.45, 2.75) is 51.1 Å². The first kappa shape index (κ1) is 9.47. The van der Waals surface area contributed by atoms with Gasteiger partial charge in [0.05, 0.1) is 0 Å². The van der Waals surface area contributed by atoms with Crippen LogP contribution in [-0.4, -0.2) is 25.2 Å². The molecule has 2 N–H and O–H groups in total. The lowest BCUT2D eigenvalue weighted by molar-refractivity contribution is 0.361. The van der Waals surface area contributed by atoms with Crippen molar-refractivity contribution in [1.82, 2.24) is 10.6 Å². The smallest absolute Gasteiger partial charge is 0.0192 e. The van der Waals surface area contributed by atoms with Gasteiger partial charge >= 0.3 is 0 Å². The van der Waals surface area contributed by atoms with Crippen molar-refractivity contribution in [2.24, 2.45) is 5.92 Å². The van der Waals surface area contributed by atoms with Crippen LogP contribution in [0.15, 0.2) is 0 Å². The number of piperidine rings is 1. The van der Waals surface area contributed by atoms with Gasteiger partial charge in [0.1, 0.15) is 0 Å². The van der Waals surface area contributed by atoms with E-state index in [1.54, 1.807) is 0 Å². The van der Waals surface area contributed by atoms with Gasteiger partial charge in [-0.25, -0.2) is 0 Å². The van der Waals surface area contributed by atoms with Crippen LogP contribution >= 0.6 is 0 Å². The summed E-state index contributed by atoms with van der Waals surface area (Å²) in [7, 11) is 0. The molecule has 0 spiro atoms. The third-order valence-electron chi connectivity index (χ3n) is 3.43. The first-order valence-corrected chi connectivity index (χ1v) is 5.83. The van der Waals surface area contributed by atoms with Gasteiger partial charge in [0.25, 0.3) is 0 Å². The zero-order valence-corrected chi connectivity index (χ0v) is 8.68. The lowest BCUT2D eigenvalue weighted by atomic mass is 10.0. The lowest BCUT2D eigenvalue weighted by Gasteiger charge is -2.25. The van der Waals surface area contributed by atoms with Gasteiger partial charge < -0.3 is 10.6 Å². The van der Waals surface area contributed by atoms with Gasteiger partial charge in [-0.15, -0.1) is 0 Å². The van der Waals surface area contributed by atoms with E-state index in [1.165, 1.54) is 45.2 Å². The standard InChI is InChI=1S/C11H22N2/c1-9(10-5-6-10)13-8-11-4-2-3-7-12-11/h9-13H,2-8H2,1H3. The summed E-state index contributed by atoms with van der Waals surface area (Å²) in [4.78, 5) is 0. The highest BCUT2D eigenvalue weighted by Crippen LogP contribution is 2.32. The summed E-state index contributed by atoms with van der Waals surface area (Å²) < 4.78 is 0. The number of hydrogen-bond acceptors (Lipinski definition) is 2. The van der Waals surface area contributed by atoms with Crippen LogP contribution in [0.5, 0.6) is 0 Å². The topological polar surface area (TPSA) is 24.1 Å². The van der Waals surface area contributed by atoms with Gasteiger partial charge in [-0.3, -0.25) is 0 Å². The summed E-state index contributed by atoms with van der Waals surface area (Å²) in [5, 5.41) is 7.22. The Hall–Kier alpha value is -0.0800. The molecule has 0 aromatic heterocycles. The van der Waals surface area contributed by atoms with Crippen LogP contribution in [0.2, 0.25) is 0 Å². The molecule has 1 heterocycles. The van der Waals surface area contributed by atoms with Gasteiger partial charge in [-0.2, -0.15) is 0 Å². The molecule has 76 valence electrons. The van der Waals surface area contributed by atoms with Crippen molar-refractivity contribution < 1.29 is 0 Å². The van der Waals surface area contributed by atoms with Crippen molar-refractivity contribution in [3.63, 3.8) is 0 Å². The van der Waals surface area contributed by atoms with E-state index in [1.807, 2.05) is 0 Å². The van der Waals surface area contributed by atoms with Gasteiger partial charge in [-0.1, -0.05) is 6.42 Å². The van der Waals surface area contributed by atoms with Gasteiger partial charge in [0.2, 0.25) is 0 Å². The highest BCUT2D eigenvalue weighted by atomic mass is 15.0. The van der Waals surface area contributed by atoms with E-state index in [9.17, 15) is 0 Å². The van der Waals surface area contributed by atoms with Crippen molar-refractivity contribution >= 4 is 0 Å². The molecule has 13 heavy (non-hydrogen) atoms. The van der Waals surface area contributed by atoms with E-state index in [0.717, 1.165) is 18.0 Å². The minimum atomic E-state index is 0.745. The Bertz CT molecular complexity index is 148. The van der Waals surface area contributed by atoms with Crippen molar-refractivity contribution in [3.05, 3.63) is 0 Å². The summed E-state index contributed by atoms with van der Waals surface area (Å²) in [5.41, 5.74) is 0. The van der Waals surface area contributed by atoms with Crippen LogP contribution in [-0.2, 0) is 0 Å². The van der Waals surface area contributed by atoms with E-state index in [-0.39, 0.29) is 0 Å². The third-order valence-corrected chi connectivity index (χ3v) is 3.43. The highest BCUT2D eigenvalue weighted by molar-refractivity contribution is 4.85. The molecule has 1 saturated heterocycles. The second-order valence-electron chi connectivity index (χ2n) is 4.68. The monoisotopic (exact) mass is 182 g/mol. The average Bonchev–Trinajstić information content (AvgIpc) is 2.99. The van der Waals surface area contributed by atoms with Crippen LogP contribution < -0.4 is 10.6 Å². The molecule has 0 amide bonds. The third kappa shape index (κ3) is 2.96. The molecule has 2 aliphatic rings. The highest BCUT2D eigenvalue weighted by Gasteiger charge is 2.27. The summed E-state index contributed by atoms with van der Waals surface area (Å²) in [6.45, 7) is 4.74. The zero-order valence-electron chi connectivity index (χ0n) is 8.68. The molecule has 2 atom stereocenters. The van der Waals surface area contributed by atoms with Gasteiger partial charge in [0, 0.05) is 18.6 Å². The number of rotatable bonds is 4. The van der Waals surface area contributed by atoms with Crippen molar-refractivity contribution in [3.8, 4) is 0 Å². The van der Waals surface area contributed by atoms with E-state index in [4.69, 9.17) is 0 Å². The Morgan fingerprint density at radius 3 is 2.77 bits per heavy atom. The van der Waals surface area contributed by atoms with Crippen LogP contribution in [0.25, 0.3) is 0 Å². The van der Waals surface area contributed by atoms with Crippen molar-refractivity contribution in [1.29, 1.82) is 0 Å². The van der Waals surface area contributed by atoms with E-state index >= 15 is 0 Å². The quantitative estimate of drug-likeness (QED) is 0.689. The fourth-order valence-corrected chi connectivity index (χ4v) is 2.19.